The van der Waals surface area contributed by atoms with E-state index in [4.69, 9.17) is 9.41 Å². The summed E-state index contributed by atoms with van der Waals surface area (Å²) in [4.78, 5) is 14.4. The van der Waals surface area contributed by atoms with Crippen molar-refractivity contribution in [1.29, 1.82) is 0 Å². The number of nitrogens with one attached hydrogen (secondary N) is 2. The van der Waals surface area contributed by atoms with E-state index in [1.165, 1.54) is 25.7 Å². The summed E-state index contributed by atoms with van der Waals surface area (Å²) >= 11 is 0. The SMILES string of the molecule is CCNC(=NCc1nc(-c2ccco2)n[nH]1)N1CCN(C2CC3CCC2C3)CC1.I. The van der Waals surface area contributed by atoms with Crippen molar-refractivity contribution < 1.29 is 4.42 Å². The van der Waals surface area contributed by atoms with Gasteiger partial charge in [-0.2, -0.15) is 0 Å². The van der Waals surface area contributed by atoms with Gasteiger partial charge in [-0.05, 0) is 50.2 Å². The van der Waals surface area contributed by atoms with Crippen molar-refractivity contribution in [3.63, 3.8) is 0 Å². The van der Waals surface area contributed by atoms with Crippen molar-refractivity contribution in [2.24, 2.45) is 16.8 Å². The van der Waals surface area contributed by atoms with E-state index in [9.17, 15) is 0 Å². The van der Waals surface area contributed by atoms with Gasteiger partial charge in [0.25, 0.3) is 0 Å². The molecule has 2 bridgehead atoms. The Balaban J connectivity index is 0.00000218. The number of aliphatic imine (C=N–C) groups is 1. The lowest BCUT2D eigenvalue weighted by atomic mass is 9.93. The Kier molecular flexibility index (Phi) is 6.97. The first-order chi connectivity index (χ1) is 14.3. The number of hydrogen-bond donors (Lipinski definition) is 2. The van der Waals surface area contributed by atoms with Crippen LogP contribution >= 0.6 is 24.0 Å². The molecule has 1 aliphatic heterocycles. The number of furan rings is 1. The summed E-state index contributed by atoms with van der Waals surface area (Å²) in [5.74, 6) is 4.92. The van der Waals surface area contributed by atoms with Gasteiger partial charge in [0.05, 0.1) is 6.26 Å². The van der Waals surface area contributed by atoms with Crippen molar-refractivity contribution >= 4 is 29.9 Å². The van der Waals surface area contributed by atoms with Gasteiger partial charge in [0.15, 0.2) is 11.7 Å². The van der Waals surface area contributed by atoms with E-state index in [2.05, 4.69) is 37.2 Å². The summed E-state index contributed by atoms with van der Waals surface area (Å²) in [6, 6.07) is 4.53. The Labute approximate surface area is 194 Å². The predicted molar refractivity (Wildman–Crippen MR) is 127 cm³/mol. The largest absolute Gasteiger partial charge is 0.461 e. The van der Waals surface area contributed by atoms with Gasteiger partial charge in [0, 0.05) is 38.8 Å². The lowest BCUT2D eigenvalue weighted by Crippen LogP contribution is -2.55. The summed E-state index contributed by atoms with van der Waals surface area (Å²) in [5, 5.41) is 10.6. The van der Waals surface area contributed by atoms with Gasteiger partial charge in [-0.25, -0.2) is 9.98 Å². The quantitative estimate of drug-likeness (QED) is 0.355. The van der Waals surface area contributed by atoms with Crippen LogP contribution in [0.1, 0.15) is 38.4 Å². The van der Waals surface area contributed by atoms with Crippen LogP contribution in [0.2, 0.25) is 0 Å². The fourth-order valence-electron chi connectivity index (χ4n) is 5.38. The van der Waals surface area contributed by atoms with Crippen molar-refractivity contribution in [1.82, 2.24) is 30.3 Å². The third-order valence-electron chi connectivity index (χ3n) is 6.77. The first-order valence-electron chi connectivity index (χ1n) is 11.0. The lowest BCUT2D eigenvalue weighted by Gasteiger charge is -2.42. The number of aromatic amines is 1. The molecule has 2 aromatic heterocycles. The van der Waals surface area contributed by atoms with Gasteiger partial charge < -0.3 is 14.6 Å². The van der Waals surface area contributed by atoms with Gasteiger partial charge >= 0.3 is 0 Å². The van der Waals surface area contributed by atoms with Crippen LogP contribution in [0, 0.1) is 11.8 Å². The van der Waals surface area contributed by atoms with Crippen LogP contribution in [-0.4, -0.2) is 69.7 Å². The van der Waals surface area contributed by atoms with E-state index < -0.39 is 0 Å². The highest BCUT2D eigenvalue weighted by Crippen LogP contribution is 2.46. The molecule has 5 rings (SSSR count). The second-order valence-electron chi connectivity index (χ2n) is 8.52. The number of fused-ring (bicyclic) bond motifs is 2. The number of H-pyrrole nitrogens is 1. The summed E-state index contributed by atoms with van der Waals surface area (Å²) in [5.41, 5.74) is 0. The van der Waals surface area contributed by atoms with E-state index in [0.717, 1.165) is 62.4 Å². The fraction of sp³-hybridized carbons (Fsp3) is 0.667. The lowest BCUT2D eigenvalue weighted by molar-refractivity contribution is 0.0958. The van der Waals surface area contributed by atoms with E-state index >= 15 is 0 Å². The Hall–Kier alpha value is -1.62. The molecule has 0 amide bonds. The summed E-state index contributed by atoms with van der Waals surface area (Å²) in [6.45, 7) is 7.81. The van der Waals surface area contributed by atoms with E-state index in [-0.39, 0.29) is 24.0 Å². The molecular formula is C21H32IN7O. The minimum absolute atomic E-state index is 0. The van der Waals surface area contributed by atoms with Crippen LogP contribution in [0.25, 0.3) is 11.6 Å². The Morgan fingerprint density at radius 3 is 2.80 bits per heavy atom. The monoisotopic (exact) mass is 525 g/mol. The maximum absolute atomic E-state index is 5.36. The molecule has 2 aromatic rings. The van der Waals surface area contributed by atoms with Crippen LogP contribution in [0.5, 0.6) is 0 Å². The normalized spacial score (nSPS) is 26.8. The molecular weight excluding hydrogens is 493 g/mol. The van der Waals surface area contributed by atoms with Gasteiger partial charge in [-0.15, -0.1) is 29.1 Å². The fourth-order valence-corrected chi connectivity index (χ4v) is 5.38. The molecule has 3 aliphatic rings. The standard InChI is InChI=1S/C21H31N7O.HI/c1-2-22-21(23-14-19-24-20(26-25-19)18-4-3-11-29-18)28-9-7-27(8-10-28)17-13-15-5-6-16(17)12-15;/h3-4,11,15-17H,2,5-10,12-14H2,1H3,(H,22,23)(H,24,25,26);1H. The highest BCUT2D eigenvalue weighted by Gasteiger charge is 2.42. The molecule has 3 fully saturated rings. The molecule has 0 spiro atoms. The molecule has 0 aromatic carbocycles. The minimum Gasteiger partial charge on any atom is -0.461 e. The average Bonchev–Trinajstić information content (AvgIpc) is 3.55. The zero-order valence-corrected chi connectivity index (χ0v) is 19.9. The maximum Gasteiger partial charge on any atom is 0.216 e. The van der Waals surface area contributed by atoms with Crippen LogP contribution in [0.4, 0.5) is 0 Å². The number of rotatable bonds is 5. The molecule has 3 unspecified atom stereocenters. The third-order valence-corrected chi connectivity index (χ3v) is 6.77. The number of guanidine groups is 1. The van der Waals surface area contributed by atoms with Crippen LogP contribution in [0.3, 0.4) is 0 Å². The first-order valence-corrected chi connectivity index (χ1v) is 11.0. The molecule has 2 N–H and O–H groups in total. The maximum atomic E-state index is 5.36. The van der Waals surface area contributed by atoms with E-state index in [0.29, 0.717) is 18.1 Å². The van der Waals surface area contributed by atoms with Crippen LogP contribution in [-0.2, 0) is 6.54 Å². The molecule has 0 radical (unpaired) electrons. The number of piperazine rings is 1. The Morgan fingerprint density at radius 2 is 2.13 bits per heavy atom. The van der Waals surface area contributed by atoms with Crippen molar-refractivity contribution in [2.75, 3.05) is 32.7 Å². The Bertz CT molecular complexity index is 828. The molecule has 1 saturated heterocycles. The molecule has 9 heteroatoms. The molecule has 3 atom stereocenters. The summed E-state index contributed by atoms with van der Waals surface area (Å²) in [6.07, 6.45) is 7.47. The number of nitrogens with zero attached hydrogens (tertiary/aromatic N) is 5. The Morgan fingerprint density at radius 1 is 1.27 bits per heavy atom. The van der Waals surface area contributed by atoms with Crippen molar-refractivity contribution in [2.45, 2.75) is 45.2 Å². The molecule has 8 nitrogen and oxygen atoms in total. The van der Waals surface area contributed by atoms with E-state index in [1.54, 1.807) is 6.26 Å². The minimum atomic E-state index is 0. The van der Waals surface area contributed by atoms with Gasteiger partial charge in [0.2, 0.25) is 5.82 Å². The average molecular weight is 525 g/mol. The zero-order valence-electron chi connectivity index (χ0n) is 17.6. The zero-order chi connectivity index (χ0) is 19.6. The molecule has 30 heavy (non-hydrogen) atoms. The molecule has 164 valence electrons. The predicted octanol–water partition coefficient (Wildman–Crippen LogP) is 2.95. The highest BCUT2D eigenvalue weighted by atomic mass is 127. The van der Waals surface area contributed by atoms with Crippen LogP contribution < -0.4 is 5.32 Å². The molecule has 3 heterocycles. The highest BCUT2D eigenvalue weighted by molar-refractivity contribution is 14.0. The number of hydrogen-bond acceptors (Lipinski definition) is 5. The van der Waals surface area contributed by atoms with Crippen molar-refractivity contribution in [3.8, 4) is 11.6 Å². The summed E-state index contributed by atoms with van der Waals surface area (Å²) < 4.78 is 5.36. The molecule has 2 aliphatic carbocycles. The van der Waals surface area contributed by atoms with Crippen LogP contribution in [0.15, 0.2) is 27.8 Å². The second kappa shape index (κ2) is 9.67. The van der Waals surface area contributed by atoms with Gasteiger partial charge in [-0.3, -0.25) is 10.00 Å². The number of aromatic nitrogens is 3. The first kappa shape index (κ1) is 21.6. The van der Waals surface area contributed by atoms with Gasteiger partial charge in [0.1, 0.15) is 12.4 Å². The molecule has 2 saturated carbocycles. The third kappa shape index (κ3) is 4.51. The van der Waals surface area contributed by atoms with Gasteiger partial charge in [-0.1, -0.05) is 6.42 Å². The van der Waals surface area contributed by atoms with Crippen molar-refractivity contribution in [3.05, 3.63) is 24.2 Å². The second-order valence-corrected chi connectivity index (χ2v) is 8.52. The topological polar surface area (TPSA) is 85.6 Å². The summed E-state index contributed by atoms with van der Waals surface area (Å²) in [7, 11) is 0. The van der Waals surface area contributed by atoms with E-state index in [1.807, 2.05) is 12.1 Å². The smallest absolute Gasteiger partial charge is 0.216 e. The number of halogens is 1.